The Morgan fingerprint density at radius 3 is 2.85 bits per heavy atom. The molecule has 1 aromatic heterocycles. The van der Waals surface area contributed by atoms with E-state index in [2.05, 4.69) is 28.3 Å². The molecule has 0 saturated carbocycles. The standard InChI is InChI=1S/C16H22N4/c17-10-16-8-4-5-9-19(16)12-14-11-18-20(13-14)15-6-2-1-3-7-15/h1-3,6-7,11,13,16H,4-5,8-10,12,17H2. The summed E-state index contributed by atoms with van der Waals surface area (Å²) in [7, 11) is 0. The van der Waals surface area contributed by atoms with Crippen molar-refractivity contribution in [3.8, 4) is 5.69 Å². The average Bonchev–Trinajstić information content (AvgIpc) is 2.97. The molecule has 1 aromatic carbocycles. The highest BCUT2D eigenvalue weighted by molar-refractivity contribution is 5.30. The van der Waals surface area contributed by atoms with Gasteiger partial charge in [-0.15, -0.1) is 0 Å². The van der Waals surface area contributed by atoms with Crippen LogP contribution in [0, 0.1) is 0 Å². The Kier molecular flexibility index (Phi) is 4.14. The number of hydrogen-bond acceptors (Lipinski definition) is 3. The lowest BCUT2D eigenvalue weighted by Gasteiger charge is -2.34. The van der Waals surface area contributed by atoms with Crippen LogP contribution in [0.1, 0.15) is 24.8 Å². The van der Waals surface area contributed by atoms with E-state index in [0.29, 0.717) is 6.04 Å². The van der Waals surface area contributed by atoms with Gasteiger partial charge in [0.05, 0.1) is 11.9 Å². The third kappa shape index (κ3) is 2.92. The summed E-state index contributed by atoms with van der Waals surface area (Å²) in [5.41, 5.74) is 8.24. The SMILES string of the molecule is NCC1CCCCN1Cc1cnn(-c2ccccc2)c1. The van der Waals surface area contributed by atoms with E-state index in [0.717, 1.165) is 25.3 Å². The van der Waals surface area contributed by atoms with Crippen molar-refractivity contribution in [2.45, 2.75) is 31.8 Å². The summed E-state index contributed by atoms with van der Waals surface area (Å²) >= 11 is 0. The second kappa shape index (κ2) is 6.20. The number of nitrogens with zero attached hydrogens (tertiary/aromatic N) is 3. The molecular formula is C16H22N4. The van der Waals surface area contributed by atoms with E-state index in [1.165, 1.54) is 24.8 Å². The van der Waals surface area contributed by atoms with E-state index < -0.39 is 0 Å². The molecule has 0 bridgehead atoms. The molecule has 1 fully saturated rings. The predicted molar refractivity (Wildman–Crippen MR) is 80.7 cm³/mol. The molecule has 2 aromatic rings. The highest BCUT2D eigenvalue weighted by atomic mass is 15.3. The van der Waals surface area contributed by atoms with Gasteiger partial charge in [0.2, 0.25) is 0 Å². The van der Waals surface area contributed by atoms with Gasteiger partial charge in [-0.05, 0) is 31.5 Å². The number of para-hydroxylation sites is 1. The van der Waals surface area contributed by atoms with Gasteiger partial charge in [0.1, 0.15) is 0 Å². The van der Waals surface area contributed by atoms with Crippen LogP contribution in [0.25, 0.3) is 5.69 Å². The van der Waals surface area contributed by atoms with E-state index in [4.69, 9.17) is 5.73 Å². The summed E-state index contributed by atoms with van der Waals surface area (Å²) in [5.74, 6) is 0. The molecule has 4 nitrogen and oxygen atoms in total. The summed E-state index contributed by atoms with van der Waals surface area (Å²) in [6.45, 7) is 2.86. The van der Waals surface area contributed by atoms with Crippen molar-refractivity contribution in [2.24, 2.45) is 5.73 Å². The first-order valence-corrected chi connectivity index (χ1v) is 7.40. The minimum Gasteiger partial charge on any atom is -0.329 e. The molecule has 0 aliphatic carbocycles. The highest BCUT2D eigenvalue weighted by Crippen LogP contribution is 2.19. The molecule has 4 heteroatoms. The van der Waals surface area contributed by atoms with E-state index in [1.807, 2.05) is 29.1 Å². The third-order valence-electron chi connectivity index (χ3n) is 4.06. The molecule has 106 valence electrons. The number of aromatic nitrogens is 2. The van der Waals surface area contributed by atoms with Crippen LogP contribution in [0.5, 0.6) is 0 Å². The molecule has 1 aliphatic rings. The van der Waals surface area contributed by atoms with Gasteiger partial charge >= 0.3 is 0 Å². The van der Waals surface area contributed by atoms with Gasteiger partial charge in [-0.3, -0.25) is 4.90 Å². The third-order valence-corrected chi connectivity index (χ3v) is 4.06. The van der Waals surface area contributed by atoms with Crippen LogP contribution in [0.2, 0.25) is 0 Å². The van der Waals surface area contributed by atoms with Gasteiger partial charge in [0.15, 0.2) is 0 Å². The zero-order valence-electron chi connectivity index (χ0n) is 11.8. The van der Waals surface area contributed by atoms with E-state index >= 15 is 0 Å². The predicted octanol–water partition coefficient (Wildman–Crippen LogP) is 2.19. The van der Waals surface area contributed by atoms with Crippen LogP contribution in [0.4, 0.5) is 0 Å². The summed E-state index contributed by atoms with van der Waals surface area (Å²) in [5, 5.41) is 4.46. The lowest BCUT2D eigenvalue weighted by molar-refractivity contribution is 0.145. The average molecular weight is 270 g/mol. The van der Waals surface area contributed by atoms with Gasteiger partial charge in [0.25, 0.3) is 0 Å². The Morgan fingerprint density at radius 1 is 1.20 bits per heavy atom. The molecule has 0 spiro atoms. The quantitative estimate of drug-likeness (QED) is 0.926. The van der Waals surface area contributed by atoms with Crippen molar-refractivity contribution >= 4 is 0 Å². The Morgan fingerprint density at radius 2 is 2.05 bits per heavy atom. The maximum absolute atomic E-state index is 5.88. The molecule has 20 heavy (non-hydrogen) atoms. The zero-order valence-corrected chi connectivity index (χ0v) is 11.8. The van der Waals surface area contributed by atoms with Crippen LogP contribution in [-0.2, 0) is 6.54 Å². The number of rotatable bonds is 4. The largest absolute Gasteiger partial charge is 0.329 e. The van der Waals surface area contributed by atoms with Crippen LogP contribution in [0.3, 0.4) is 0 Å². The van der Waals surface area contributed by atoms with Gasteiger partial charge in [0, 0.05) is 30.9 Å². The van der Waals surface area contributed by atoms with Gasteiger partial charge in [-0.25, -0.2) is 4.68 Å². The molecule has 0 radical (unpaired) electrons. The molecule has 1 atom stereocenters. The van der Waals surface area contributed by atoms with Gasteiger partial charge in [-0.1, -0.05) is 24.6 Å². The molecule has 1 saturated heterocycles. The maximum Gasteiger partial charge on any atom is 0.0645 e. The van der Waals surface area contributed by atoms with E-state index in [1.54, 1.807) is 0 Å². The number of nitrogens with two attached hydrogens (primary N) is 1. The molecular weight excluding hydrogens is 248 g/mol. The van der Waals surface area contributed by atoms with Crippen LogP contribution < -0.4 is 5.73 Å². The highest BCUT2D eigenvalue weighted by Gasteiger charge is 2.21. The molecule has 2 heterocycles. The Hall–Kier alpha value is -1.65. The maximum atomic E-state index is 5.88. The first-order valence-electron chi connectivity index (χ1n) is 7.40. The van der Waals surface area contributed by atoms with Crippen LogP contribution >= 0.6 is 0 Å². The second-order valence-corrected chi connectivity index (χ2v) is 5.48. The fourth-order valence-corrected chi connectivity index (χ4v) is 2.93. The number of benzene rings is 1. The van der Waals surface area contributed by atoms with Crippen LogP contribution in [0.15, 0.2) is 42.7 Å². The summed E-state index contributed by atoms with van der Waals surface area (Å²) in [6.07, 6.45) is 7.90. The van der Waals surface area contributed by atoms with Crippen molar-refractivity contribution < 1.29 is 0 Å². The minimum absolute atomic E-state index is 0.531. The molecule has 0 amide bonds. The molecule has 3 rings (SSSR count). The van der Waals surface area contributed by atoms with E-state index in [-0.39, 0.29) is 0 Å². The number of likely N-dealkylation sites (tertiary alicyclic amines) is 1. The molecule has 1 unspecified atom stereocenters. The monoisotopic (exact) mass is 270 g/mol. The van der Waals surface area contributed by atoms with Gasteiger partial charge < -0.3 is 5.73 Å². The summed E-state index contributed by atoms with van der Waals surface area (Å²) < 4.78 is 1.94. The summed E-state index contributed by atoms with van der Waals surface area (Å²) in [4.78, 5) is 2.50. The lowest BCUT2D eigenvalue weighted by atomic mass is 10.0. The number of hydrogen-bond donors (Lipinski definition) is 1. The van der Waals surface area contributed by atoms with Crippen molar-refractivity contribution in [1.29, 1.82) is 0 Å². The topological polar surface area (TPSA) is 47.1 Å². The fraction of sp³-hybridized carbons (Fsp3) is 0.438. The zero-order chi connectivity index (χ0) is 13.8. The first kappa shape index (κ1) is 13.3. The molecule has 2 N–H and O–H groups in total. The van der Waals surface area contributed by atoms with Crippen LogP contribution in [-0.4, -0.2) is 33.8 Å². The smallest absolute Gasteiger partial charge is 0.0645 e. The Balaban J connectivity index is 1.71. The lowest BCUT2D eigenvalue weighted by Crippen LogP contribution is -2.43. The van der Waals surface area contributed by atoms with Crippen molar-refractivity contribution in [3.63, 3.8) is 0 Å². The Bertz CT molecular complexity index is 534. The Labute approximate surface area is 120 Å². The number of piperidine rings is 1. The van der Waals surface area contributed by atoms with Crippen molar-refractivity contribution in [2.75, 3.05) is 13.1 Å². The van der Waals surface area contributed by atoms with Gasteiger partial charge in [-0.2, -0.15) is 5.10 Å². The first-order chi connectivity index (χ1) is 9.86. The minimum atomic E-state index is 0.531. The van der Waals surface area contributed by atoms with E-state index in [9.17, 15) is 0 Å². The second-order valence-electron chi connectivity index (χ2n) is 5.48. The normalized spacial score (nSPS) is 20.1. The van der Waals surface area contributed by atoms with Crippen molar-refractivity contribution in [1.82, 2.24) is 14.7 Å². The fourth-order valence-electron chi connectivity index (χ4n) is 2.93. The molecule has 1 aliphatic heterocycles. The van der Waals surface area contributed by atoms with Crippen molar-refractivity contribution in [3.05, 3.63) is 48.3 Å². The summed E-state index contributed by atoms with van der Waals surface area (Å²) in [6, 6.07) is 10.8.